The third-order valence-electron chi connectivity index (χ3n) is 5.19. The van der Waals surface area contributed by atoms with Crippen molar-refractivity contribution >= 4 is 19.7 Å². The molecule has 11 nitrogen and oxygen atoms in total. The monoisotopic (exact) mass is 499 g/mol. The first kappa shape index (κ1) is 25.9. The highest BCUT2D eigenvalue weighted by atomic mass is 31.2. The molecule has 1 fully saturated rings. The largest absolute Gasteiger partial charge is 0.468 e. The minimum absolute atomic E-state index is 0.173. The van der Waals surface area contributed by atoms with Crippen molar-refractivity contribution < 1.29 is 42.2 Å². The molecular formula is C21H27FN3O8P. The summed E-state index contributed by atoms with van der Waals surface area (Å²) < 4.78 is 50.0. The zero-order valence-corrected chi connectivity index (χ0v) is 19.7. The normalized spacial score (nSPS) is 29.3. The van der Waals surface area contributed by atoms with E-state index < -0.39 is 56.5 Å². The molecule has 186 valence electrons. The number of nitrogens with one attached hydrogen (secondary N) is 2. The quantitative estimate of drug-likeness (QED) is 0.345. The predicted molar refractivity (Wildman–Crippen MR) is 118 cm³/mol. The van der Waals surface area contributed by atoms with Gasteiger partial charge in [-0.3, -0.25) is 14.2 Å². The van der Waals surface area contributed by atoms with Crippen LogP contribution >= 0.6 is 7.75 Å². The number of halogens is 1. The summed E-state index contributed by atoms with van der Waals surface area (Å²) in [6, 6.07) is 6.26. The van der Waals surface area contributed by atoms with Crippen molar-refractivity contribution in [3.63, 3.8) is 0 Å². The van der Waals surface area contributed by atoms with Crippen LogP contribution in [0, 0.1) is 0 Å². The molecule has 1 aromatic rings. The maximum Gasteiger partial charge on any atom is 0.459 e. The van der Waals surface area contributed by atoms with Crippen LogP contribution in [0.5, 0.6) is 5.75 Å². The molecule has 0 radical (unpaired) electrons. The van der Waals surface area contributed by atoms with Gasteiger partial charge in [0.05, 0.1) is 13.7 Å². The van der Waals surface area contributed by atoms with E-state index in [2.05, 4.69) is 21.7 Å². The SMILES string of the molecule is C=C1C=CN([C@@H]2O[C@H](COP(=O)(N[C@@H](C)C(=O)OC)Oc3ccccc3)[C@@H](O)[C@@]2(C)F)C(=O)N1. The number of methoxy groups -OCH3 is 1. The fourth-order valence-corrected chi connectivity index (χ4v) is 4.87. The molecule has 13 heteroatoms. The number of benzene rings is 1. The van der Waals surface area contributed by atoms with Gasteiger partial charge in [-0.05, 0) is 32.1 Å². The van der Waals surface area contributed by atoms with Gasteiger partial charge in [-0.25, -0.2) is 13.8 Å². The average molecular weight is 499 g/mol. The van der Waals surface area contributed by atoms with Crippen LogP contribution in [0.3, 0.4) is 0 Å². The molecule has 2 aliphatic heterocycles. The van der Waals surface area contributed by atoms with Crippen molar-refractivity contribution in [2.75, 3.05) is 13.7 Å². The van der Waals surface area contributed by atoms with Crippen molar-refractivity contribution in [1.29, 1.82) is 0 Å². The van der Waals surface area contributed by atoms with E-state index in [-0.39, 0.29) is 5.75 Å². The number of aliphatic hydroxyl groups is 1. The molecule has 2 heterocycles. The minimum Gasteiger partial charge on any atom is -0.468 e. The van der Waals surface area contributed by atoms with Crippen molar-refractivity contribution in [1.82, 2.24) is 15.3 Å². The number of para-hydroxylation sites is 1. The van der Waals surface area contributed by atoms with E-state index >= 15 is 4.39 Å². The topological polar surface area (TPSA) is 136 Å². The second-order valence-corrected chi connectivity index (χ2v) is 9.57. The van der Waals surface area contributed by atoms with Crippen molar-refractivity contribution in [2.45, 2.75) is 44.0 Å². The lowest BCUT2D eigenvalue weighted by molar-refractivity contribution is -0.142. The highest BCUT2D eigenvalue weighted by Crippen LogP contribution is 2.46. The Morgan fingerprint density at radius 1 is 1.44 bits per heavy atom. The Morgan fingerprint density at radius 3 is 2.74 bits per heavy atom. The third-order valence-corrected chi connectivity index (χ3v) is 6.84. The smallest absolute Gasteiger partial charge is 0.459 e. The number of esters is 1. The van der Waals surface area contributed by atoms with Crippen LogP contribution in [0.15, 0.2) is 54.9 Å². The fraction of sp³-hybridized carbons (Fsp3) is 0.429. The Labute approximate surface area is 196 Å². The molecule has 34 heavy (non-hydrogen) atoms. The van der Waals surface area contributed by atoms with Crippen LogP contribution in [0.2, 0.25) is 0 Å². The number of urea groups is 1. The number of alkyl halides is 1. The molecule has 2 aliphatic rings. The molecule has 0 saturated carbocycles. The van der Waals surface area contributed by atoms with E-state index in [1.807, 2.05) is 0 Å². The van der Waals surface area contributed by atoms with Gasteiger partial charge in [0.25, 0.3) is 0 Å². The number of carbonyl (C=O) groups is 2. The molecule has 3 N–H and O–H groups in total. The number of hydrogen-bond donors (Lipinski definition) is 3. The van der Waals surface area contributed by atoms with E-state index in [4.69, 9.17) is 13.8 Å². The predicted octanol–water partition coefficient (Wildman–Crippen LogP) is 2.21. The first-order valence-corrected chi connectivity index (χ1v) is 11.8. The van der Waals surface area contributed by atoms with E-state index in [1.54, 1.807) is 18.2 Å². The zero-order valence-electron chi connectivity index (χ0n) is 18.8. The Balaban J connectivity index is 1.76. The number of ether oxygens (including phenoxy) is 2. The second-order valence-electron chi connectivity index (χ2n) is 7.87. The molecule has 3 rings (SSSR count). The van der Waals surface area contributed by atoms with Gasteiger partial charge >= 0.3 is 19.7 Å². The van der Waals surface area contributed by atoms with Gasteiger partial charge in [-0.1, -0.05) is 24.8 Å². The molecule has 0 bridgehead atoms. The minimum atomic E-state index is -4.24. The lowest BCUT2D eigenvalue weighted by atomic mass is 9.98. The van der Waals surface area contributed by atoms with Gasteiger partial charge in [0.15, 0.2) is 11.9 Å². The van der Waals surface area contributed by atoms with Crippen LogP contribution in [-0.4, -0.2) is 65.9 Å². The number of allylic oxidation sites excluding steroid dienone is 1. The number of amides is 2. The fourth-order valence-electron chi connectivity index (χ4n) is 3.37. The Kier molecular flexibility index (Phi) is 7.79. The Bertz CT molecular complexity index is 1000. The summed E-state index contributed by atoms with van der Waals surface area (Å²) in [4.78, 5) is 25.0. The van der Waals surface area contributed by atoms with Gasteiger partial charge < -0.3 is 24.4 Å². The summed E-state index contributed by atoms with van der Waals surface area (Å²) >= 11 is 0. The summed E-state index contributed by atoms with van der Waals surface area (Å²) in [5, 5.41) is 15.4. The van der Waals surface area contributed by atoms with Crippen LogP contribution in [0.1, 0.15) is 13.8 Å². The lowest BCUT2D eigenvalue weighted by Gasteiger charge is -2.33. The van der Waals surface area contributed by atoms with Gasteiger partial charge in [0.1, 0.15) is 24.0 Å². The van der Waals surface area contributed by atoms with Gasteiger partial charge in [0, 0.05) is 11.9 Å². The van der Waals surface area contributed by atoms with Crippen molar-refractivity contribution in [3.8, 4) is 5.75 Å². The molecule has 1 unspecified atom stereocenters. The van der Waals surface area contributed by atoms with E-state index in [9.17, 15) is 19.3 Å². The zero-order chi connectivity index (χ0) is 25.1. The molecule has 0 aliphatic carbocycles. The maximum absolute atomic E-state index is 15.4. The molecule has 6 atom stereocenters. The van der Waals surface area contributed by atoms with E-state index in [1.165, 1.54) is 31.3 Å². The first-order valence-electron chi connectivity index (χ1n) is 10.3. The number of rotatable bonds is 9. The number of carbonyl (C=O) groups excluding carboxylic acids is 2. The van der Waals surface area contributed by atoms with E-state index in [0.29, 0.717) is 5.70 Å². The molecule has 2 amide bonds. The number of nitrogens with zero attached hydrogens (tertiary/aromatic N) is 1. The summed E-state index contributed by atoms with van der Waals surface area (Å²) in [7, 11) is -3.08. The lowest BCUT2D eigenvalue weighted by Crippen LogP contribution is -2.53. The summed E-state index contributed by atoms with van der Waals surface area (Å²) in [5.74, 6) is -0.551. The van der Waals surface area contributed by atoms with Gasteiger partial charge in [-0.2, -0.15) is 5.09 Å². The highest BCUT2D eigenvalue weighted by Gasteiger charge is 2.57. The van der Waals surface area contributed by atoms with E-state index in [0.717, 1.165) is 18.9 Å². The van der Waals surface area contributed by atoms with Crippen LogP contribution in [-0.2, 0) is 23.4 Å². The Hall–Kier alpha value is -2.76. The summed E-state index contributed by atoms with van der Waals surface area (Å²) in [6.07, 6.45) is -1.85. The molecule has 1 saturated heterocycles. The standard InChI is InChI=1S/C21H27FN3O8P/c1-13-10-11-25(20(28)23-13)19-21(3,22)17(26)16(32-19)12-31-34(29,24-14(2)18(27)30-4)33-15-8-6-5-7-9-15/h5-11,14,16-17,19,26H,1,12H2,2-4H3,(H,23,28)(H,24,29)/t14-,16+,17+,19+,21+,34?/m0/s1. The molecule has 0 aromatic heterocycles. The molecular weight excluding hydrogens is 472 g/mol. The van der Waals surface area contributed by atoms with Gasteiger partial charge in [-0.15, -0.1) is 0 Å². The molecule has 1 aromatic carbocycles. The summed E-state index contributed by atoms with van der Waals surface area (Å²) in [6.45, 7) is 5.47. The summed E-state index contributed by atoms with van der Waals surface area (Å²) in [5.41, 5.74) is -2.09. The third kappa shape index (κ3) is 5.65. The molecule has 0 spiro atoms. The Morgan fingerprint density at radius 2 is 2.12 bits per heavy atom. The van der Waals surface area contributed by atoms with Crippen LogP contribution in [0.25, 0.3) is 0 Å². The number of hydrogen-bond acceptors (Lipinski definition) is 8. The second kappa shape index (κ2) is 10.2. The number of aliphatic hydroxyl groups excluding tert-OH is 1. The van der Waals surface area contributed by atoms with Crippen molar-refractivity contribution in [3.05, 3.63) is 54.9 Å². The van der Waals surface area contributed by atoms with Gasteiger partial charge in [0.2, 0.25) is 0 Å². The highest BCUT2D eigenvalue weighted by molar-refractivity contribution is 7.52. The van der Waals surface area contributed by atoms with Crippen LogP contribution in [0.4, 0.5) is 9.18 Å². The average Bonchev–Trinajstić information content (AvgIpc) is 3.01. The maximum atomic E-state index is 15.4. The first-order chi connectivity index (χ1) is 16.0. The van der Waals surface area contributed by atoms with Crippen molar-refractivity contribution in [2.24, 2.45) is 0 Å². The van der Waals surface area contributed by atoms with Crippen LogP contribution < -0.4 is 14.9 Å².